The maximum Gasteiger partial charge on any atom is 0.264 e. The molecule has 0 bridgehead atoms. The minimum atomic E-state index is -3.78. The van der Waals surface area contributed by atoms with Gasteiger partial charge in [-0.05, 0) is 57.1 Å². The van der Waals surface area contributed by atoms with Gasteiger partial charge in [0.1, 0.15) is 0 Å². The minimum Gasteiger partial charge on any atom is -0.390 e. The molecule has 0 heterocycles. The summed E-state index contributed by atoms with van der Waals surface area (Å²) < 4.78 is 28.1. The third-order valence-corrected chi connectivity index (χ3v) is 6.96. The van der Waals surface area contributed by atoms with E-state index in [-0.39, 0.29) is 23.8 Å². The van der Waals surface area contributed by atoms with E-state index in [0.29, 0.717) is 12.2 Å². The van der Waals surface area contributed by atoms with Gasteiger partial charge in [-0.3, -0.25) is 4.31 Å². The zero-order valence-corrected chi connectivity index (χ0v) is 20.5. The molecule has 1 N–H and O–H groups in total. The fourth-order valence-corrected chi connectivity index (χ4v) is 4.90. The third-order valence-electron chi connectivity index (χ3n) is 5.15. The summed E-state index contributed by atoms with van der Waals surface area (Å²) in [4.78, 5) is 2.48. The molecule has 0 aliphatic heterocycles. The average Bonchev–Trinajstić information content (AvgIpc) is 2.75. The fourth-order valence-electron chi connectivity index (χ4n) is 3.38. The first-order valence-corrected chi connectivity index (χ1v) is 12.4. The first kappa shape index (κ1) is 27.4. The van der Waals surface area contributed by atoms with E-state index in [1.807, 2.05) is 19.1 Å². The summed E-state index contributed by atoms with van der Waals surface area (Å²) in [6, 6.07) is 15.8. The van der Waals surface area contributed by atoms with Crippen molar-refractivity contribution < 1.29 is 13.5 Å². The Balaban J connectivity index is 0.00000480. The van der Waals surface area contributed by atoms with Crippen molar-refractivity contribution in [3.8, 4) is 0 Å². The van der Waals surface area contributed by atoms with Crippen LogP contribution in [0.15, 0.2) is 59.5 Å². The highest BCUT2D eigenvalue weighted by Crippen LogP contribution is 2.24. The Morgan fingerprint density at radius 3 is 1.94 bits per heavy atom. The Hall–Kier alpha value is -1.60. The summed E-state index contributed by atoms with van der Waals surface area (Å²) in [6.45, 7) is 8.60. The van der Waals surface area contributed by atoms with Gasteiger partial charge in [0.05, 0.1) is 23.2 Å². The number of rotatable bonds is 13. The van der Waals surface area contributed by atoms with Crippen LogP contribution in [0.25, 0.3) is 0 Å². The van der Waals surface area contributed by atoms with Crippen LogP contribution in [0.3, 0.4) is 0 Å². The van der Waals surface area contributed by atoms with Crippen LogP contribution in [-0.4, -0.2) is 50.7 Å². The molecule has 2 rings (SSSR count). The van der Waals surface area contributed by atoms with Crippen LogP contribution in [0.1, 0.15) is 45.1 Å². The Morgan fingerprint density at radius 2 is 1.42 bits per heavy atom. The van der Waals surface area contributed by atoms with Gasteiger partial charge in [0.15, 0.2) is 0 Å². The number of benzene rings is 2. The Bertz CT molecular complexity index is 837. The molecule has 1 unspecified atom stereocenters. The Labute approximate surface area is 194 Å². The van der Waals surface area contributed by atoms with E-state index in [2.05, 4.69) is 18.7 Å². The van der Waals surface area contributed by atoms with Gasteiger partial charge >= 0.3 is 0 Å². The highest BCUT2D eigenvalue weighted by molar-refractivity contribution is 7.92. The van der Waals surface area contributed by atoms with Crippen molar-refractivity contribution in [1.29, 1.82) is 0 Å². The van der Waals surface area contributed by atoms with Crippen molar-refractivity contribution in [3.63, 3.8) is 0 Å². The van der Waals surface area contributed by atoms with Crippen LogP contribution in [0.2, 0.25) is 0 Å². The molecule has 2 aromatic rings. The molecule has 0 aliphatic carbocycles. The first-order valence-electron chi connectivity index (χ1n) is 10.9. The van der Waals surface area contributed by atoms with Gasteiger partial charge in [-0.2, -0.15) is 0 Å². The lowest BCUT2D eigenvalue weighted by Gasteiger charge is -2.30. The molecular formula is C24H37ClN2O3S. The van der Waals surface area contributed by atoms with Crippen LogP contribution < -0.4 is 4.31 Å². The summed E-state index contributed by atoms with van der Waals surface area (Å²) in [7, 11) is -3.78. The molecule has 0 aliphatic rings. The maximum atomic E-state index is 13.4. The lowest BCUT2D eigenvalue weighted by molar-refractivity contribution is 0.117. The first-order chi connectivity index (χ1) is 14.4. The maximum absolute atomic E-state index is 13.4. The summed E-state index contributed by atoms with van der Waals surface area (Å²) >= 11 is 0. The topological polar surface area (TPSA) is 60.9 Å². The molecule has 174 valence electrons. The van der Waals surface area contributed by atoms with Crippen molar-refractivity contribution in [2.75, 3.05) is 30.5 Å². The predicted molar refractivity (Wildman–Crippen MR) is 132 cm³/mol. The largest absolute Gasteiger partial charge is 0.390 e. The molecule has 5 nitrogen and oxygen atoms in total. The SMILES string of the molecule is CCCCN(CCCC)CC(O)CN(c1ccc(C)cc1)S(=O)(=O)c1ccccc1.Cl. The molecule has 0 saturated carbocycles. The van der Waals surface area contributed by atoms with Gasteiger partial charge < -0.3 is 10.0 Å². The average molecular weight is 469 g/mol. The van der Waals surface area contributed by atoms with Gasteiger partial charge in [-0.1, -0.05) is 62.6 Å². The summed E-state index contributed by atoms with van der Waals surface area (Å²) in [5, 5.41) is 10.9. The highest BCUT2D eigenvalue weighted by atomic mass is 35.5. The second-order valence-electron chi connectivity index (χ2n) is 7.85. The van der Waals surface area contributed by atoms with Gasteiger partial charge in [0.2, 0.25) is 0 Å². The summed E-state index contributed by atoms with van der Waals surface area (Å²) in [5.74, 6) is 0. The van der Waals surface area contributed by atoms with Crippen LogP contribution in [-0.2, 0) is 10.0 Å². The molecule has 0 radical (unpaired) electrons. The van der Waals surface area contributed by atoms with Crippen molar-refractivity contribution in [2.24, 2.45) is 0 Å². The smallest absolute Gasteiger partial charge is 0.264 e. The standard InChI is InChI=1S/C24H36N2O3S.ClH/c1-4-6-17-25(18-7-5-2)19-23(27)20-26(22-15-13-21(3)14-16-22)30(28,29)24-11-9-8-10-12-24;/h8-16,23,27H,4-7,17-20H2,1-3H3;1H. The molecule has 0 saturated heterocycles. The van der Waals surface area contributed by atoms with E-state index >= 15 is 0 Å². The van der Waals surface area contributed by atoms with Gasteiger partial charge in [-0.15, -0.1) is 12.4 Å². The molecule has 7 heteroatoms. The zero-order valence-electron chi connectivity index (χ0n) is 18.9. The van der Waals surface area contributed by atoms with Crippen molar-refractivity contribution >= 4 is 28.1 Å². The quantitative estimate of drug-likeness (QED) is 0.455. The van der Waals surface area contributed by atoms with Crippen LogP contribution in [0.5, 0.6) is 0 Å². The van der Waals surface area contributed by atoms with Crippen LogP contribution in [0, 0.1) is 6.92 Å². The normalized spacial score (nSPS) is 12.4. The van der Waals surface area contributed by atoms with Crippen molar-refractivity contribution in [3.05, 3.63) is 60.2 Å². The number of aliphatic hydroxyl groups is 1. The summed E-state index contributed by atoms with van der Waals surface area (Å²) in [5.41, 5.74) is 1.62. The van der Waals surface area contributed by atoms with E-state index < -0.39 is 16.1 Å². The molecule has 0 spiro atoms. The van der Waals surface area contributed by atoms with E-state index in [1.165, 1.54) is 4.31 Å². The van der Waals surface area contributed by atoms with Gasteiger partial charge in [-0.25, -0.2) is 8.42 Å². The summed E-state index contributed by atoms with van der Waals surface area (Å²) in [6.07, 6.45) is 3.55. The second-order valence-corrected chi connectivity index (χ2v) is 9.71. The molecular weight excluding hydrogens is 432 g/mol. The second kappa shape index (κ2) is 13.7. The lowest BCUT2D eigenvalue weighted by atomic mass is 10.2. The van der Waals surface area contributed by atoms with Gasteiger partial charge in [0, 0.05) is 6.54 Å². The van der Waals surface area contributed by atoms with Gasteiger partial charge in [0.25, 0.3) is 10.0 Å². The Kier molecular flexibility index (Phi) is 12.2. The zero-order chi connectivity index (χ0) is 22.0. The third kappa shape index (κ3) is 8.45. The minimum absolute atomic E-state index is 0. The number of unbranched alkanes of at least 4 members (excludes halogenated alkanes) is 2. The molecule has 31 heavy (non-hydrogen) atoms. The van der Waals surface area contributed by atoms with E-state index in [4.69, 9.17) is 0 Å². The lowest BCUT2D eigenvalue weighted by Crippen LogP contribution is -2.43. The predicted octanol–water partition coefficient (Wildman–Crippen LogP) is 4.88. The fraction of sp³-hybridized carbons (Fsp3) is 0.500. The molecule has 0 fully saturated rings. The number of nitrogens with zero attached hydrogens (tertiary/aromatic N) is 2. The molecule has 0 aromatic heterocycles. The number of aliphatic hydroxyl groups excluding tert-OH is 1. The number of anilines is 1. The number of sulfonamides is 1. The van der Waals surface area contributed by atoms with Crippen LogP contribution in [0.4, 0.5) is 5.69 Å². The number of halogens is 1. The molecule has 0 amide bonds. The van der Waals surface area contributed by atoms with E-state index in [0.717, 1.165) is 44.3 Å². The van der Waals surface area contributed by atoms with Crippen LogP contribution >= 0.6 is 12.4 Å². The number of hydrogen-bond acceptors (Lipinski definition) is 4. The number of hydrogen-bond donors (Lipinski definition) is 1. The van der Waals surface area contributed by atoms with Crippen molar-refractivity contribution in [1.82, 2.24) is 4.90 Å². The van der Waals surface area contributed by atoms with E-state index in [9.17, 15) is 13.5 Å². The Morgan fingerprint density at radius 1 is 0.871 bits per heavy atom. The van der Waals surface area contributed by atoms with E-state index in [1.54, 1.807) is 42.5 Å². The molecule has 2 aromatic carbocycles. The highest BCUT2D eigenvalue weighted by Gasteiger charge is 2.27. The van der Waals surface area contributed by atoms with Crippen molar-refractivity contribution in [2.45, 2.75) is 57.5 Å². The molecule has 1 atom stereocenters. The number of aryl methyl sites for hydroxylation is 1. The monoisotopic (exact) mass is 468 g/mol.